The lowest BCUT2D eigenvalue weighted by atomic mass is 9.95. The van der Waals surface area contributed by atoms with E-state index in [0.29, 0.717) is 11.4 Å². The first kappa shape index (κ1) is 28.7. The zero-order valence-corrected chi connectivity index (χ0v) is 23.1. The number of anilines is 2. The zero-order valence-electron chi connectivity index (χ0n) is 23.1. The minimum Gasteiger partial charge on any atom is -0.463 e. The fourth-order valence-electron chi connectivity index (χ4n) is 4.75. The summed E-state index contributed by atoms with van der Waals surface area (Å²) in [6.45, 7) is 9.84. The van der Waals surface area contributed by atoms with Crippen LogP contribution in [0.15, 0.2) is 11.3 Å². The second kappa shape index (κ2) is 10.3. The summed E-state index contributed by atoms with van der Waals surface area (Å²) in [5, 5.41) is 9.89. The molecule has 1 saturated heterocycles. The number of carbonyl (C=O) groups is 5. The summed E-state index contributed by atoms with van der Waals surface area (Å²) in [5.41, 5.74) is 0.459. The largest absolute Gasteiger partial charge is 0.463 e. The highest BCUT2D eigenvalue weighted by Crippen LogP contribution is 2.47. The SMILES string of the molecule is CC(=O)OC[C@H]1O[C@@H](n2cc3c4c2NCN(C(=O)OC(C)(C)C)C4=NNC(=O)N3)[C@](C)(OC(C)=O)[C@@H]1OC(C)=O. The molecule has 0 bridgehead atoms. The molecule has 3 N–H and O–H groups in total. The Labute approximate surface area is 229 Å². The minimum atomic E-state index is -1.62. The number of carbonyl (C=O) groups excluding carboxylic acids is 5. The van der Waals surface area contributed by atoms with E-state index >= 15 is 0 Å². The molecule has 0 spiro atoms. The lowest BCUT2D eigenvalue weighted by molar-refractivity contribution is -0.184. The molecule has 3 aliphatic heterocycles. The fraction of sp³-hybridized carbons (Fsp3) is 0.583. The van der Waals surface area contributed by atoms with Crippen molar-refractivity contribution >= 4 is 47.4 Å². The van der Waals surface area contributed by atoms with Crippen LogP contribution in [0.25, 0.3) is 0 Å². The van der Waals surface area contributed by atoms with E-state index in [0.717, 1.165) is 0 Å². The van der Waals surface area contributed by atoms with Crippen LogP contribution in [0.1, 0.15) is 60.3 Å². The number of nitrogens with zero attached hydrogens (tertiary/aromatic N) is 3. The minimum absolute atomic E-state index is 0.0790. The number of rotatable bonds is 5. The van der Waals surface area contributed by atoms with Crippen LogP contribution in [0.5, 0.6) is 0 Å². The normalized spacial score (nSPS) is 25.3. The monoisotopic (exact) mass is 564 g/mol. The number of ether oxygens (including phenoxy) is 5. The van der Waals surface area contributed by atoms with E-state index in [2.05, 4.69) is 21.2 Å². The van der Waals surface area contributed by atoms with Gasteiger partial charge in [0.1, 0.15) is 30.8 Å². The van der Waals surface area contributed by atoms with Crippen molar-refractivity contribution in [3.05, 3.63) is 11.8 Å². The molecule has 0 unspecified atom stereocenters. The molecule has 0 aromatic carbocycles. The molecule has 4 rings (SSSR count). The van der Waals surface area contributed by atoms with Gasteiger partial charge in [-0.05, 0) is 27.7 Å². The summed E-state index contributed by atoms with van der Waals surface area (Å²) in [7, 11) is 0. The van der Waals surface area contributed by atoms with Crippen molar-refractivity contribution in [1.82, 2.24) is 14.9 Å². The van der Waals surface area contributed by atoms with Gasteiger partial charge in [0.25, 0.3) is 0 Å². The third kappa shape index (κ3) is 5.52. The lowest BCUT2D eigenvalue weighted by Crippen LogP contribution is -2.50. The highest BCUT2D eigenvalue weighted by Gasteiger charge is 2.60. The molecule has 1 aromatic rings. The molecular formula is C24H32N6O10. The molecular weight excluding hydrogens is 532 g/mol. The van der Waals surface area contributed by atoms with Crippen LogP contribution in [0.3, 0.4) is 0 Å². The van der Waals surface area contributed by atoms with Crippen molar-refractivity contribution in [2.75, 3.05) is 23.9 Å². The molecule has 0 aliphatic carbocycles. The first-order valence-electron chi connectivity index (χ1n) is 12.4. The molecule has 0 radical (unpaired) electrons. The van der Waals surface area contributed by atoms with Gasteiger partial charge in [0, 0.05) is 27.0 Å². The molecule has 4 atom stereocenters. The summed E-state index contributed by atoms with van der Waals surface area (Å²) in [4.78, 5) is 62.5. The number of hydrogen-bond acceptors (Lipinski definition) is 12. The van der Waals surface area contributed by atoms with Crippen LogP contribution in [-0.2, 0) is 38.1 Å². The van der Waals surface area contributed by atoms with Gasteiger partial charge in [-0.3, -0.25) is 14.4 Å². The van der Waals surface area contributed by atoms with Crippen molar-refractivity contribution < 1.29 is 47.7 Å². The third-order valence-corrected chi connectivity index (χ3v) is 6.10. The average molecular weight is 565 g/mol. The van der Waals surface area contributed by atoms with Gasteiger partial charge in [0.15, 0.2) is 23.8 Å². The standard InChI is InChI=1S/C24H32N6O10/c1-11(31)36-9-15-17(37-12(2)32)24(7,39-13(3)33)20(38-15)29-8-14-16-18(29)25-10-30(22(35)40-23(4,5)6)19(16)27-28-21(34)26-14/h8,15,17,20,25H,9-10H2,1-7H3,(H2,26,28,34)/t15-,17-,20-,24-/m1/s1. The Bertz CT molecular complexity index is 1280. The van der Waals surface area contributed by atoms with Gasteiger partial charge < -0.3 is 38.9 Å². The lowest BCUT2D eigenvalue weighted by Gasteiger charge is -2.36. The summed E-state index contributed by atoms with van der Waals surface area (Å²) < 4.78 is 29.6. The molecule has 16 heteroatoms. The first-order chi connectivity index (χ1) is 18.6. The maximum absolute atomic E-state index is 13.0. The van der Waals surface area contributed by atoms with E-state index in [9.17, 15) is 24.0 Å². The van der Waals surface area contributed by atoms with E-state index < -0.39 is 59.7 Å². The number of aromatic nitrogens is 1. The van der Waals surface area contributed by atoms with E-state index in [1.165, 1.54) is 43.4 Å². The Morgan fingerprint density at radius 2 is 1.85 bits per heavy atom. The molecule has 3 amide bonds. The Hall–Kier alpha value is -4.34. The summed E-state index contributed by atoms with van der Waals surface area (Å²) in [6.07, 6.45) is -2.57. The summed E-state index contributed by atoms with van der Waals surface area (Å²) in [6, 6.07) is -0.674. The second-order valence-electron chi connectivity index (χ2n) is 10.6. The van der Waals surface area contributed by atoms with Crippen molar-refractivity contribution in [1.29, 1.82) is 0 Å². The molecule has 218 valence electrons. The quantitative estimate of drug-likeness (QED) is 0.348. The zero-order chi connectivity index (χ0) is 29.6. The van der Waals surface area contributed by atoms with E-state index in [-0.39, 0.29) is 24.8 Å². The van der Waals surface area contributed by atoms with Crippen LogP contribution in [-0.4, -0.2) is 82.0 Å². The van der Waals surface area contributed by atoms with Crippen LogP contribution in [0.4, 0.5) is 21.1 Å². The molecule has 40 heavy (non-hydrogen) atoms. The number of amides is 3. The number of hydrogen-bond donors (Lipinski definition) is 3. The second-order valence-corrected chi connectivity index (χ2v) is 10.6. The maximum Gasteiger partial charge on any atom is 0.417 e. The highest BCUT2D eigenvalue weighted by molar-refractivity contribution is 6.17. The Morgan fingerprint density at radius 3 is 2.45 bits per heavy atom. The summed E-state index contributed by atoms with van der Waals surface area (Å²) >= 11 is 0. The van der Waals surface area contributed by atoms with Crippen LogP contribution >= 0.6 is 0 Å². The predicted octanol–water partition coefficient (Wildman–Crippen LogP) is 1.62. The number of amidine groups is 1. The van der Waals surface area contributed by atoms with Gasteiger partial charge in [-0.15, -0.1) is 0 Å². The summed E-state index contributed by atoms with van der Waals surface area (Å²) in [5.74, 6) is -1.53. The van der Waals surface area contributed by atoms with E-state index in [4.69, 9.17) is 23.7 Å². The highest BCUT2D eigenvalue weighted by atomic mass is 16.7. The average Bonchev–Trinajstić information content (AvgIpc) is 3.22. The van der Waals surface area contributed by atoms with Crippen LogP contribution in [0.2, 0.25) is 0 Å². The number of esters is 3. The molecule has 3 aliphatic rings. The number of urea groups is 1. The van der Waals surface area contributed by atoms with E-state index in [1.54, 1.807) is 20.8 Å². The number of hydrazone groups is 1. The molecule has 1 aromatic heterocycles. The van der Waals surface area contributed by atoms with Crippen molar-refractivity contribution in [2.45, 2.75) is 78.1 Å². The van der Waals surface area contributed by atoms with Gasteiger partial charge in [0.2, 0.25) is 0 Å². The smallest absolute Gasteiger partial charge is 0.417 e. The van der Waals surface area contributed by atoms with E-state index in [1.807, 2.05) is 0 Å². The molecule has 0 saturated carbocycles. The van der Waals surface area contributed by atoms with Gasteiger partial charge >= 0.3 is 30.0 Å². The van der Waals surface area contributed by atoms with Gasteiger partial charge in [0.05, 0.1) is 11.3 Å². The van der Waals surface area contributed by atoms with Crippen LogP contribution < -0.4 is 16.1 Å². The van der Waals surface area contributed by atoms with Crippen LogP contribution in [0, 0.1) is 0 Å². The molecule has 16 nitrogen and oxygen atoms in total. The maximum atomic E-state index is 13.0. The van der Waals surface area contributed by atoms with Crippen molar-refractivity contribution in [3.8, 4) is 0 Å². The number of nitrogens with one attached hydrogen (secondary N) is 3. The predicted molar refractivity (Wildman–Crippen MR) is 136 cm³/mol. The van der Waals surface area contributed by atoms with Crippen molar-refractivity contribution in [2.24, 2.45) is 5.10 Å². The first-order valence-corrected chi connectivity index (χ1v) is 12.4. The van der Waals surface area contributed by atoms with Gasteiger partial charge in [-0.2, -0.15) is 5.10 Å². The Morgan fingerprint density at radius 1 is 1.15 bits per heavy atom. The Kier molecular flexibility index (Phi) is 7.40. The Balaban J connectivity index is 1.82. The molecule has 4 heterocycles. The van der Waals surface area contributed by atoms with Gasteiger partial charge in [-0.1, -0.05) is 0 Å². The third-order valence-electron chi connectivity index (χ3n) is 6.10. The fourth-order valence-corrected chi connectivity index (χ4v) is 4.75. The topological polar surface area (TPSA) is 188 Å². The van der Waals surface area contributed by atoms with Gasteiger partial charge in [-0.25, -0.2) is 19.9 Å². The van der Waals surface area contributed by atoms with Crippen molar-refractivity contribution in [3.63, 3.8) is 0 Å². The molecule has 1 fully saturated rings.